The van der Waals surface area contributed by atoms with E-state index in [0.717, 1.165) is 17.3 Å². The normalized spacial score (nSPS) is 10.6. The molecule has 0 bridgehead atoms. The highest BCUT2D eigenvalue weighted by Crippen LogP contribution is 2.25. The molecule has 0 saturated heterocycles. The molecule has 0 radical (unpaired) electrons. The van der Waals surface area contributed by atoms with E-state index in [9.17, 15) is 9.50 Å². The highest BCUT2D eigenvalue weighted by molar-refractivity contribution is 5.71. The predicted molar refractivity (Wildman–Crippen MR) is 81.8 cm³/mol. The molecule has 0 aliphatic rings. The molecule has 0 saturated carbocycles. The number of aromatic nitrogens is 3. The van der Waals surface area contributed by atoms with Crippen LogP contribution in [0.4, 0.5) is 10.2 Å². The van der Waals surface area contributed by atoms with Crippen molar-refractivity contribution in [3.63, 3.8) is 0 Å². The van der Waals surface area contributed by atoms with Crippen LogP contribution >= 0.6 is 0 Å². The van der Waals surface area contributed by atoms with Gasteiger partial charge in [-0.2, -0.15) is 0 Å². The Kier molecular flexibility index (Phi) is 3.74. The average molecular weight is 298 g/mol. The molecular formula is C16H15FN4O. The molecule has 0 spiro atoms. The van der Waals surface area contributed by atoms with Crippen LogP contribution in [0.5, 0.6) is 5.75 Å². The largest absolute Gasteiger partial charge is 0.507 e. The number of anilines is 1. The molecule has 2 heterocycles. The van der Waals surface area contributed by atoms with E-state index >= 15 is 0 Å². The third kappa shape index (κ3) is 2.90. The lowest BCUT2D eigenvalue weighted by Crippen LogP contribution is -2.03. The van der Waals surface area contributed by atoms with Gasteiger partial charge in [0.2, 0.25) is 0 Å². The number of nitrogens with one attached hydrogen (secondary N) is 1. The monoisotopic (exact) mass is 298 g/mol. The molecule has 3 aromatic rings. The predicted octanol–water partition coefficient (Wildman–Crippen LogP) is 2.94. The first-order valence-corrected chi connectivity index (χ1v) is 6.78. The molecule has 2 N–H and O–H groups in total. The summed E-state index contributed by atoms with van der Waals surface area (Å²) in [5.41, 5.74) is 2.27. The van der Waals surface area contributed by atoms with Gasteiger partial charge in [0, 0.05) is 43.2 Å². The fourth-order valence-electron chi connectivity index (χ4n) is 2.17. The van der Waals surface area contributed by atoms with E-state index in [-0.39, 0.29) is 5.75 Å². The van der Waals surface area contributed by atoms with Gasteiger partial charge in [-0.1, -0.05) is 6.07 Å². The Bertz CT molecular complexity index is 800. The van der Waals surface area contributed by atoms with Crippen molar-refractivity contribution in [1.82, 2.24) is 14.5 Å². The fraction of sp³-hybridized carbons (Fsp3) is 0.125. The molecular weight excluding hydrogens is 283 g/mol. The molecule has 112 valence electrons. The van der Waals surface area contributed by atoms with Crippen LogP contribution < -0.4 is 5.32 Å². The van der Waals surface area contributed by atoms with Gasteiger partial charge in [-0.15, -0.1) is 0 Å². The van der Waals surface area contributed by atoms with E-state index in [1.807, 2.05) is 29.9 Å². The molecule has 0 amide bonds. The summed E-state index contributed by atoms with van der Waals surface area (Å²) in [7, 11) is 1.90. The van der Waals surface area contributed by atoms with Crippen LogP contribution in [0.3, 0.4) is 0 Å². The smallest absolute Gasteiger partial charge is 0.135 e. The molecule has 0 atom stereocenters. The number of hydrogen-bond donors (Lipinski definition) is 2. The van der Waals surface area contributed by atoms with Gasteiger partial charge in [0.05, 0.1) is 12.0 Å². The second kappa shape index (κ2) is 5.85. The zero-order valence-corrected chi connectivity index (χ0v) is 12.0. The zero-order chi connectivity index (χ0) is 15.5. The second-order valence-corrected chi connectivity index (χ2v) is 4.95. The molecule has 1 aromatic carbocycles. The van der Waals surface area contributed by atoms with Crippen molar-refractivity contribution >= 4 is 5.82 Å². The van der Waals surface area contributed by atoms with Crippen LogP contribution in [0.2, 0.25) is 0 Å². The summed E-state index contributed by atoms with van der Waals surface area (Å²) in [6.45, 7) is 0.336. The molecule has 5 nitrogen and oxygen atoms in total. The summed E-state index contributed by atoms with van der Waals surface area (Å²) in [6, 6.07) is 7.71. The lowest BCUT2D eigenvalue weighted by atomic mass is 10.1. The number of aryl methyl sites for hydroxylation is 1. The lowest BCUT2D eigenvalue weighted by molar-refractivity contribution is 0.463. The van der Waals surface area contributed by atoms with Crippen LogP contribution in [0.25, 0.3) is 11.3 Å². The van der Waals surface area contributed by atoms with Gasteiger partial charge in [0.1, 0.15) is 17.4 Å². The van der Waals surface area contributed by atoms with Crippen molar-refractivity contribution in [3.8, 4) is 17.0 Å². The number of halogens is 1. The fourth-order valence-corrected chi connectivity index (χ4v) is 2.17. The zero-order valence-electron chi connectivity index (χ0n) is 12.0. The summed E-state index contributed by atoms with van der Waals surface area (Å²) in [4.78, 5) is 8.63. The summed E-state index contributed by atoms with van der Waals surface area (Å²) in [6.07, 6.45) is 5.30. The molecule has 0 aliphatic heterocycles. The van der Waals surface area contributed by atoms with Crippen LogP contribution in [-0.4, -0.2) is 19.6 Å². The van der Waals surface area contributed by atoms with E-state index in [2.05, 4.69) is 15.3 Å². The number of nitrogens with zero attached hydrogens (tertiary/aromatic N) is 3. The number of pyridine rings is 1. The van der Waals surface area contributed by atoms with Gasteiger partial charge < -0.3 is 15.0 Å². The van der Waals surface area contributed by atoms with Gasteiger partial charge in [-0.25, -0.2) is 14.4 Å². The van der Waals surface area contributed by atoms with Crippen LogP contribution in [0, 0.1) is 5.82 Å². The first-order valence-electron chi connectivity index (χ1n) is 6.78. The van der Waals surface area contributed by atoms with Gasteiger partial charge >= 0.3 is 0 Å². The molecule has 0 fully saturated rings. The Morgan fingerprint density at radius 2 is 2.14 bits per heavy atom. The Labute approximate surface area is 127 Å². The van der Waals surface area contributed by atoms with Gasteiger partial charge in [0.25, 0.3) is 0 Å². The quantitative estimate of drug-likeness (QED) is 0.777. The van der Waals surface area contributed by atoms with E-state index in [1.54, 1.807) is 18.6 Å². The maximum Gasteiger partial charge on any atom is 0.135 e. The minimum absolute atomic E-state index is 0.0807. The minimum Gasteiger partial charge on any atom is -0.507 e. The number of hydrogen-bond acceptors (Lipinski definition) is 4. The Hall–Kier alpha value is -2.89. The topological polar surface area (TPSA) is 63.0 Å². The van der Waals surface area contributed by atoms with Gasteiger partial charge in [-0.05, 0) is 18.2 Å². The number of rotatable bonds is 4. The van der Waals surface area contributed by atoms with Crippen molar-refractivity contribution in [2.75, 3.05) is 5.32 Å². The molecule has 6 heteroatoms. The van der Waals surface area contributed by atoms with Crippen molar-refractivity contribution in [3.05, 3.63) is 60.4 Å². The minimum atomic E-state index is -0.465. The Morgan fingerprint density at radius 1 is 1.27 bits per heavy atom. The van der Waals surface area contributed by atoms with E-state index in [0.29, 0.717) is 17.9 Å². The number of phenolic OH excluding ortho intramolecular Hbond substituents is 1. The summed E-state index contributed by atoms with van der Waals surface area (Å²) in [5, 5.41) is 12.9. The van der Waals surface area contributed by atoms with Crippen LogP contribution in [-0.2, 0) is 13.6 Å². The SMILES string of the molecule is Cn1cnc(-c2cccnc2NCc2ccc(F)cc2O)c1. The van der Waals surface area contributed by atoms with Gasteiger partial charge in [0.15, 0.2) is 0 Å². The molecule has 2 aromatic heterocycles. The highest BCUT2D eigenvalue weighted by atomic mass is 19.1. The van der Waals surface area contributed by atoms with Crippen LogP contribution in [0.15, 0.2) is 49.1 Å². The van der Waals surface area contributed by atoms with E-state index in [1.165, 1.54) is 6.07 Å². The molecule has 0 aliphatic carbocycles. The third-order valence-electron chi connectivity index (χ3n) is 3.28. The maximum atomic E-state index is 13.0. The summed E-state index contributed by atoms with van der Waals surface area (Å²) < 4.78 is 14.9. The Balaban J connectivity index is 1.84. The highest BCUT2D eigenvalue weighted by Gasteiger charge is 2.09. The standard InChI is InChI=1S/C16H15FN4O/c1-21-9-14(20-10-21)13-3-2-6-18-16(13)19-8-11-4-5-12(17)7-15(11)22/h2-7,9-10,22H,8H2,1H3,(H,18,19). The number of benzene rings is 1. The number of phenols is 1. The maximum absolute atomic E-state index is 13.0. The third-order valence-corrected chi connectivity index (χ3v) is 3.28. The average Bonchev–Trinajstić information content (AvgIpc) is 2.93. The van der Waals surface area contributed by atoms with Crippen molar-refractivity contribution in [2.24, 2.45) is 7.05 Å². The summed E-state index contributed by atoms with van der Waals surface area (Å²) in [5.74, 6) is 0.112. The second-order valence-electron chi connectivity index (χ2n) is 4.95. The van der Waals surface area contributed by atoms with Gasteiger partial charge in [-0.3, -0.25) is 0 Å². The Morgan fingerprint density at radius 3 is 2.86 bits per heavy atom. The summed E-state index contributed by atoms with van der Waals surface area (Å²) >= 11 is 0. The first-order chi connectivity index (χ1) is 10.6. The van der Waals surface area contributed by atoms with E-state index in [4.69, 9.17) is 0 Å². The lowest BCUT2D eigenvalue weighted by Gasteiger charge is -2.10. The molecule has 0 unspecified atom stereocenters. The number of aromatic hydroxyl groups is 1. The van der Waals surface area contributed by atoms with Crippen molar-refractivity contribution in [1.29, 1.82) is 0 Å². The van der Waals surface area contributed by atoms with Crippen molar-refractivity contribution < 1.29 is 9.50 Å². The van der Waals surface area contributed by atoms with Crippen LogP contribution in [0.1, 0.15) is 5.56 Å². The molecule has 22 heavy (non-hydrogen) atoms. The first kappa shape index (κ1) is 14.1. The van der Waals surface area contributed by atoms with E-state index < -0.39 is 5.82 Å². The molecule has 3 rings (SSSR count). The number of imidazole rings is 1. The van der Waals surface area contributed by atoms with Crippen molar-refractivity contribution in [2.45, 2.75) is 6.54 Å².